The Labute approximate surface area is 113 Å². The highest BCUT2D eigenvalue weighted by Crippen LogP contribution is 2.29. The number of nitrogen functional groups attached to an aromatic ring is 1. The number of hydrogen-bond donors (Lipinski definition) is 2. The Hall–Kier alpha value is -1.75. The van der Waals surface area contributed by atoms with Gasteiger partial charge in [0, 0.05) is 25.7 Å². The first-order chi connectivity index (χ1) is 9.04. The highest BCUT2D eigenvalue weighted by Gasteiger charge is 2.26. The van der Waals surface area contributed by atoms with E-state index in [1.807, 2.05) is 0 Å². The van der Waals surface area contributed by atoms with Crippen LogP contribution in [0.1, 0.15) is 24.2 Å². The Bertz CT molecular complexity index is 476. The van der Waals surface area contributed by atoms with Crippen molar-refractivity contribution in [3.8, 4) is 0 Å². The number of piperazine rings is 1. The van der Waals surface area contributed by atoms with Crippen LogP contribution in [0, 0.1) is 0 Å². The summed E-state index contributed by atoms with van der Waals surface area (Å²) in [5.74, 6) is -0.923. The number of rotatable bonds is 3. The van der Waals surface area contributed by atoms with Crippen LogP contribution < -0.4 is 10.6 Å². The number of benzene rings is 1. The lowest BCUT2D eigenvalue weighted by atomic mass is 10.1. The Morgan fingerprint density at radius 1 is 1.47 bits per heavy atom. The second-order valence-electron chi connectivity index (χ2n) is 4.97. The number of nitrogens with zero attached hydrogens (tertiary/aromatic N) is 2. The summed E-state index contributed by atoms with van der Waals surface area (Å²) in [6.07, 6.45) is 0. The van der Waals surface area contributed by atoms with Crippen LogP contribution in [0.4, 0.5) is 11.4 Å². The van der Waals surface area contributed by atoms with E-state index in [1.54, 1.807) is 18.2 Å². The van der Waals surface area contributed by atoms with Gasteiger partial charge >= 0.3 is 5.97 Å². The molecule has 5 nitrogen and oxygen atoms in total. The minimum Gasteiger partial charge on any atom is -0.478 e. The molecule has 1 aromatic carbocycles. The topological polar surface area (TPSA) is 69.8 Å². The van der Waals surface area contributed by atoms with Gasteiger partial charge in [0.1, 0.15) is 0 Å². The van der Waals surface area contributed by atoms with Gasteiger partial charge in [-0.25, -0.2) is 4.79 Å². The lowest BCUT2D eigenvalue weighted by Gasteiger charge is -2.41. The first-order valence-corrected chi connectivity index (χ1v) is 6.65. The molecule has 0 spiro atoms. The van der Waals surface area contributed by atoms with Crippen molar-refractivity contribution in [2.24, 2.45) is 0 Å². The van der Waals surface area contributed by atoms with Crippen molar-refractivity contribution in [1.82, 2.24) is 4.90 Å². The Morgan fingerprint density at radius 2 is 2.21 bits per heavy atom. The van der Waals surface area contributed by atoms with E-state index in [1.165, 1.54) is 0 Å². The summed E-state index contributed by atoms with van der Waals surface area (Å²) in [6, 6.07) is 5.47. The number of para-hydroxylation sites is 1. The molecular formula is C14H21N3O2. The fourth-order valence-electron chi connectivity index (χ4n) is 2.75. The fourth-order valence-corrected chi connectivity index (χ4v) is 2.75. The predicted molar refractivity (Wildman–Crippen MR) is 76.7 cm³/mol. The van der Waals surface area contributed by atoms with Gasteiger partial charge in [0.2, 0.25) is 0 Å². The average molecular weight is 263 g/mol. The molecule has 0 aliphatic carbocycles. The number of nitrogens with two attached hydrogens (primary N) is 1. The Balaban J connectivity index is 2.30. The van der Waals surface area contributed by atoms with Gasteiger partial charge in [-0.1, -0.05) is 13.0 Å². The van der Waals surface area contributed by atoms with Crippen molar-refractivity contribution in [2.45, 2.75) is 19.9 Å². The first-order valence-electron chi connectivity index (χ1n) is 6.65. The van der Waals surface area contributed by atoms with Crippen molar-refractivity contribution in [3.05, 3.63) is 23.8 Å². The summed E-state index contributed by atoms with van der Waals surface area (Å²) in [7, 11) is 0. The molecule has 1 fully saturated rings. The monoisotopic (exact) mass is 263 g/mol. The molecule has 19 heavy (non-hydrogen) atoms. The van der Waals surface area contributed by atoms with Crippen molar-refractivity contribution >= 4 is 17.3 Å². The molecule has 1 atom stereocenters. The summed E-state index contributed by atoms with van der Waals surface area (Å²) in [6.45, 7) is 7.88. The third-order valence-corrected chi connectivity index (χ3v) is 3.79. The number of anilines is 2. The van der Waals surface area contributed by atoms with Crippen molar-refractivity contribution < 1.29 is 9.90 Å². The summed E-state index contributed by atoms with van der Waals surface area (Å²) < 4.78 is 0. The lowest BCUT2D eigenvalue weighted by molar-refractivity contribution is 0.0697. The first kappa shape index (κ1) is 13.7. The second kappa shape index (κ2) is 5.48. The summed E-state index contributed by atoms with van der Waals surface area (Å²) in [5.41, 5.74) is 7.48. The molecule has 1 unspecified atom stereocenters. The third kappa shape index (κ3) is 2.66. The Kier molecular flexibility index (Phi) is 3.95. The molecule has 1 saturated heterocycles. The molecule has 0 saturated carbocycles. The SMILES string of the molecule is CCN1CCN(c2c(N)cccc2C(=O)O)CC1C. The summed E-state index contributed by atoms with van der Waals surface area (Å²) in [5, 5.41) is 9.29. The maximum absolute atomic E-state index is 11.3. The van der Waals surface area contributed by atoms with E-state index in [9.17, 15) is 9.90 Å². The molecule has 5 heteroatoms. The maximum Gasteiger partial charge on any atom is 0.337 e. The largest absolute Gasteiger partial charge is 0.478 e. The van der Waals surface area contributed by atoms with Crippen LogP contribution in [0.3, 0.4) is 0 Å². The molecule has 1 aliphatic rings. The molecule has 0 radical (unpaired) electrons. The van der Waals surface area contributed by atoms with Crippen LogP contribution in [0.25, 0.3) is 0 Å². The molecule has 1 aromatic rings. The zero-order chi connectivity index (χ0) is 14.0. The number of aromatic carboxylic acids is 1. The smallest absolute Gasteiger partial charge is 0.337 e. The fraction of sp³-hybridized carbons (Fsp3) is 0.500. The van der Waals surface area contributed by atoms with Gasteiger partial charge in [0.05, 0.1) is 16.9 Å². The molecule has 2 rings (SSSR count). The summed E-state index contributed by atoms with van der Waals surface area (Å²) >= 11 is 0. The molecular weight excluding hydrogens is 242 g/mol. The van der Waals surface area contributed by atoms with E-state index in [0.717, 1.165) is 26.2 Å². The number of carboxylic acids is 1. The zero-order valence-corrected chi connectivity index (χ0v) is 11.5. The van der Waals surface area contributed by atoms with Gasteiger partial charge in [-0.3, -0.25) is 4.90 Å². The average Bonchev–Trinajstić information content (AvgIpc) is 2.38. The Morgan fingerprint density at radius 3 is 2.79 bits per heavy atom. The zero-order valence-electron chi connectivity index (χ0n) is 11.5. The maximum atomic E-state index is 11.3. The van der Waals surface area contributed by atoms with E-state index in [-0.39, 0.29) is 5.56 Å². The van der Waals surface area contributed by atoms with Crippen LogP contribution in [-0.2, 0) is 0 Å². The number of likely N-dealkylation sites (N-methyl/N-ethyl adjacent to an activating group) is 1. The van der Waals surface area contributed by atoms with Crippen LogP contribution in [0.2, 0.25) is 0 Å². The summed E-state index contributed by atoms with van der Waals surface area (Å²) in [4.78, 5) is 15.8. The van der Waals surface area contributed by atoms with Crippen molar-refractivity contribution in [2.75, 3.05) is 36.8 Å². The van der Waals surface area contributed by atoms with E-state index in [4.69, 9.17) is 5.73 Å². The number of carbonyl (C=O) groups is 1. The van der Waals surface area contributed by atoms with Crippen molar-refractivity contribution in [1.29, 1.82) is 0 Å². The minimum atomic E-state index is -0.923. The van der Waals surface area contributed by atoms with Crippen LogP contribution >= 0.6 is 0 Å². The molecule has 0 aromatic heterocycles. The van der Waals surface area contributed by atoms with Gasteiger partial charge in [-0.05, 0) is 25.6 Å². The molecule has 1 heterocycles. The van der Waals surface area contributed by atoms with Gasteiger partial charge in [0.25, 0.3) is 0 Å². The molecule has 0 bridgehead atoms. The van der Waals surface area contributed by atoms with Gasteiger partial charge in [0.15, 0.2) is 0 Å². The molecule has 104 valence electrons. The molecule has 0 amide bonds. The normalized spacial score (nSPS) is 20.5. The van der Waals surface area contributed by atoms with E-state index in [0.29, 0.717) is 17.4 Å². The lowest BCUT2D eigenvalue weighted by Crippen LogP contribution is -2.52. The molecule has 1 aliphatic heterocycles. The third-order valence-electron chi connectivity index (χ3n) is 3.79. The van der Waals surface area contributed by atoms with Crippen LogP contribution in [-0.4, -0.2) is 48.2 Å². The predicted octanol–water partition coefficient (Wildman–Crippen LogP) is 1.50. The minimum absolute atomic E-state index is 0.289. The van der Waals surface area contributed by atoms with Crippen LogP contribution in [0.5, 0.6) is 0 Å². The van der Waals surface area contributed by atoms with Crippen LogP contribution in [0.15, 0.2) is 18.2 Å². The number of carboxylic acid groups (broad SMARTS) is 1. The number of hydrogen-bond acceptors (Lipinski definition) is 4. The van der Waals surface area contributed by atoms with E-state index >= 15 is 0 Å². The van der Waals surface area contributed by atoms with E-state index in [2.05, 4.69) is 23.6 Å². The second-order valence-corrected chi connectivity index (χ2v) is 4.97. The standard InChI is InChI=1S/C14H21N3O2/c1-3-16-7-8-17(9-10(16)2)13-11(14(18)19)5-4-6-12(13)15/h4-6,10H,3,7-9,15H2,1-2H3,(H,18,19). The quantitative estimate of drug-likeness (QED) is 0.809. The van der Waals surface area contributed by atoms with Crippen molar-refractivity contribution in [3.63, 3.8) is 0 Å². The van der Waals surface area contributed by atoms with Gasteiger partial charge < -0.3 is 15.7 Å². The van der Waals surface area contributed by atoms with Gasteiger partial charge in [-0.15, -0.1) is 0 Å². The highest BCUT2D eigenvalue weighted by molar-refractivity contribution is 5.98. The van der Waals surface area contributed by atoms with Gasteiger partial charge in [-0.2, -0.15) is 0 Å². The molecule has 3 N–H and O–H groups in total. The highest BCUT2D eigenvalue weighted by atomic mass is 16.4. The van der Waals surface area contributed by atoms with E-state index < -0.39 is 5.97 Å².